The molecule has 1 aliphatic heterocycles. The fraction of sp³-hybridized carbons (Fsp3) is 1.00. The molecule has 1 heterocycles. The molecule has 0 radical (unpaired) electrons. The van der Waals surface area contributed by atoms with E-state index in [1.54, 1.807) is 0 Å². The third-order valence-corrected chi connectivity index (χ3v) is 5.35. The highest BCUT2D eigenvalue weighted by Gasteiger charge is 2.40. The minimum atomic E-state index is 0.691. The predicted molar refractivity (Wildman–Crippen MR) is 78.8 cm³/mol. The van der Waals surface area contributed by atoms with Gasteiger partial charge in [0.15, 0.2) is 0 Å². The number of piperidine rings is 1. The molecule has 1 saturated carbocycles. The minimum absolute atomic E-state index is 0.691. The molecule has 0 amide bonds. The summed E-state index contributed by atoms with van der Waals surface area (Å²) < 4.78 is 0. The highest BCUT2D eigenvalue weighted by atomic mass is 15.2. The van der Waals surface area contributed by atoms with Crippen LogP contribution in [0, 0.1) is 17.8 Å². The molecule has 1 aliphatic carbocycles. The van der Waals surface area contributed by atoms with E-state index in [-0.39, 0.29) is 0 Å². The second-order valence-corrected chi connectivity index (χ2v) is 7.17. The van der Waals surface area contributed by atoms with Crippen molar-refractivity contribution in [3.8, 4) is 0 Å². The Morgan fingerprint density at radius 2 is 1.67 bits per heavy atom. The Labute approximate surface area is 114 Å². The summed E-state index contributed by atoms with van der Waals surface area (Å²) in [4.78, 5) is 2.83. The molecule has 18 heavy (non-hydrogen) atoms. The third kappa shape index (κ3) is 2.91. The Balaban J connectivity index is 2.12. The molecule has 2 aliphatic rings. The Hall–Kier alpha value is -0.0800. The molecule has 0 aromatic heterocycles. The van der Waals surface area contributed by atoms with Crippen LogP contribution in [-0.4, -0.2) is 36.6 Å². The van der Waals surface area contributed by atoms with Crippen LogP contribution in [0.15, 0.2) is 0 Å². The molecule has 0 bridgehead atoms. The standard InChI is InChI=1S/C16H32N2/c1-11-6-7-14(4)18(10-11)16-13(3)8-12(2)9-15(16)17-5/h11-17H,6-10H2,1-5H3. The van der Waals surface area contributed by atoms with Crippen molar-refractivity contribution in [1.82, 2.24) is 10.2 Å². The SMILES string of the molecule is CNC1CC(C)CC(C)C1N1CC(C)CCC1C. The van der Waals surface area contributed by atoms with E-state index in [0.29, 0.717) is 6.04 Å². The van der Waals surface area contributed by atoms with Gasteiger partial charge in [-0.25, -0.2) is 0 Å². The molecular formula is C16H32N2. The zero-order valence-electron chi connectivity index (χ0n) is 12.9. The normalized spacial score (nSPS) is 47.2. The largest absolute Gasteiger partial charge is 0.315 e. The lowest BCUT2D eigenvalue weighted by atomic mass is 9.74. The van der Waals surface area contributed by atoms with Crippen LogP contribution in [0.4, 0.5) is 0 Å². The summed E-state index contributed by atoms with van der Waals surface area (Å²) in [5, 5.41) is 3.61. The van der Waals surface area contributed by atoms with Gasteiger partial charge in [-0.1, -0.05) is 20.8 Å². The molecule has 2 rings (SSSR count). The van der Waals surface area contributed by atoms with Gasteiger partial charge in [-0.3, -0.25) is 4.90 Å². The fourth-order valence-corrected chi connectivity index (χ4v) is 4.42. The van der Waals surface area contributed by atoms with Crippen molar-refractivity contribution in [2.45, 2.75) is 71.5 Å². The Morgan fingerprint density at radius 1 is 0.944 bits per heavy atom. The van der Waals surface area contributed by atoms with Gasteiger partial charge < -0.3 is 5.32 Å². The topological polar surface area (TPSA) is 15.3 Å². The van der Waals surface area contributed by atoms with Crippen molar-refractivity contribution in [3.63, 3.8) is 0 Å². The molecule has 0 aromatic rings. The van der Waals surface area contributed by atoms with Gasteiger partial charge in [0.25, 0.3) is 0 Å². The van der Waals surface area contributed by atoms with Crippen molar-refractivity contribution in [3.05, 3.63) is 0 Å². The van der Waals surface area contributed by atoms with Gasteiger partial charge in [0.1, 0.15) is 0 Å². The van der Waals surface area contributed by atoms with Gasteiger partial charge in [0.05, 0.1) is 0 Å². The van der Waals surface area contributed by atoms with E-state index in [0.717, 1.165) is 29.8 Å². The van der Waals surface area contributed by atoms with Crippen molar-refractivity contribution in [2.24, 2.45) is 17.8 Å². The van der Waals surface area contributed by atoms with E-state index < -0.39 is 0 Å². The van der Waals surface area contributed by atoms with Crippen LogP contribution in [0.1, 0.15) is 53.4 Å². The number of hydrogen-bond donors (Lipinski definition) is 1. The molecule has 6 atom stereocenters. The van der Waals surface area contributed by atoms with E-state index in [9.17, 15) is 0 Å². The first kappa shape index (κ1) is 14.3. The lowest BCUT2D eigenvalue weighted by Gasteiger charge is -2.50. The summed E-state index contributed by atoms with van der Waals surface area (Å²) in [7, 11) is 2.15. The van der Waals surface area contributed by atoms with E-state index in [1.807, 2.05) is 0 Å². The first-order valence-corrected chi connectivity index (χ1v) is 7.96. The van der Waals surface area contributed by atoms with Gasteiger partial charge in [-0.15, -0.1) is 0 Å². The highest BCUT2D eigenvalue weighted by molar-refractivity contribution is 4.96. The van der Waals surface area contributed by atoms with Crippen LogP contribution in [0.5, 0.6) is 0 Å². The van der Waals surface area contributed by atoms with Crippen molar-refractivity contribution < 1.29 is 0 Å². The second-order valence-electron chi connectivity index (χ2n) is 7.17. The van der Waals surface area contributed by atoms with Crippen LogP contribution in [0.2, 0.25) is 0 Å². The predicted octanol–water partition coefficient (Wildman–Crippen LogP) is 3.13. The molecular weight excluding hydrogens is 220 g/mol. The van der Waals surface area contributed by atoms with Crippen molar-refractivity contribution in [1.29, 1.82) is 0 Å². The van der Waals surface area contributed by atoms with Crippen LogP contribution in [-0.2, 0) is 0 Å². The van der Waals surface area contributed by atoms with E-state index in [4.69, 9.17) is 0 Å². The summed E-state index contributed by atoms with van der Waals surface area (Å²) in [6, 6.07) is 2.22. The monoisotopic (exact) mass is 252 g/mol. The summed E-state index contributed by atoms with van der Waals surface area (Å²) in [6.45, 7) is 11.0. The average Bonchev–Trinajstić information content (AvgIpc) is 2.32. The van der Waals surface area contributed by atoms with Gasteiger partial charge in [-0.2, -0.15) is 0 Å². The molecule has 106 valence electrons. The maximum absolute atomic E-state index is 3.61. The first-order valence-electron chi connectivity index (χ1n) is 7.96. The quantitative estimate of drug-likeness (QED) is 0.812. The smallest absolute Gasteiger partial charge is 0.0277 e. The number of hydrogen-bond acceptors (Lipinski definition) is 2. The van der Waals surface area contributed by atoms with Crippen molar-refractivity contribution >= 4 is 0 Å². The van der Waals surface area contributed by atoms with Gasteiger partial charge in [0, 0.05) is 24.7 Å². The second kappa shape index (κ2) is 5.92. The van der Waals surface area contributed by atoms with Gasteiger partial charge >= 0.3 is 0 Å². The lowest BCUT2D eigenvalue weighted by molar-refractivity contribution is 0.00416. The maximum atomic E-state index is 3.61. The number of likely N-dealkylation sites (tertiary alicyclic amines) is 1. The van der Waals surface area contributed by atoms with E-state index >= 15 is 0 Å². The Bertz CT molecular complexity index is 266. The first-order chi connectivity index (χ1) is 8.52. The molecule has 1 N–H and O–H groups in total. The minimum Gasteiger partial charge on any atom is -0.315 e. The Kier molecular flexibility index (Phi) is 4.71. The molecule has 2 nitrogen and oxygen atoms in total. The maximum Gasteiger partial charge on any atom is 0.0277 e. The zero-order chi connectivity index (χ0) is 13.3. The average molecular weight is 252 g/mol. The summed E-state index contributed by atoms with van der Waals surface area (Å²) in [5.41, 5.74) is 0. The summed E-state index contributed by atoms with van der Waals surface area (Å²) in [5.74, 6) is 2.59. The molecule has 2 heteroatoms. The highest BCUT2D eigenvalue weighted by Crippen LogP contribution is 2.36. The Morgan fingerprint density at radius 3 is 2.33 bits per heavy atom. The third-order valence-electron chi connectivity index (χ3n) is 5.35. The van der Waals surface area contributed by atoms with Crippen LogP contribution in [0.25, 0.3) is 0 Å². The van der Waals surface area contributed by atoms with Crippen LogP contribution >= 0.6 is 0 Å². The van der Waals surface area contributed by atoms with Crippen molar-refractivity contribution in [2.75, 3.05) is 13.6 Å². The number of nitrogens with zero attached hydrogens (tertiary/aromatic N) is 1. The lowest BCUT2D eigenvalue weighted by Crippen LogP contribution is -2.60. The van der Waals surface area contributed by atoms with Gasteiger partial charge in [-0.05, 0) is 57.4 Å². The van der Waals surface area contributed by atoms with E-state index in [2.05, 4.69) is 45.0 Å². The summed E-state index contributed by atoms with van der Waals surface area (Å²) in [6.07, 6.45) is 5.55. The number of rotatable bonds is 2. The van der Waals surface area contributed by atoms with E-state index in [1.165, 1.54) is 32.2 Å². The fourth-order valence-electron chi connectivity index (χ4n) is 4.42. The molecule has 6 unspecified atom stereocenters. The zero-order valence-corrected chi connectivity index (χ0v) is 12.9. The molecule has 0 spiro atoms. The molecule has 1 saturated heterocycles. The van der Waals surface area contributed by atoms with Crippen LogP contribution in [0.3, 0.4) is 0 Å². The van der Waals surface area contributed by atoms with Crippen LogP contribution < -0.4 is 5.32 Å². The molecule has 0 aromatic carbocycles. The molecule has 2 fully saturated rings. The number of likely N-dealkylation sites (N-methyl/N-ethyl adjacent to an activating group) is 1. The summed E-state index contributed by atoms with van der Waals surface area (Å²) >= 11 is 0. The number of nitrogens with one attached hydrogen (secondary N) is 1. The van der Waals surface area contributed by atoms with Gasteiger partial charge in [0.2, 0.25) is 0 Å².